The van der Waals surface area contributed by atoms with Crippen molar-refractivity contribution >= 4 is 5.97 Å². The average molecular weight is 328 g/mol. The summed E-state index contributed by atoms with van der Waals surface area (Å²) in [5.74, 6) is -1.11. The van der Waals surface area contributed by atoms with Crippen molar-refractivity contribution < 1.29 is 19.0 Å². The van der Waals surface area contributed by atoms with Gasteiger partial charge in [-0.1, -0.05) is 5.21 Å². The van der Waals surface area contributed by atoms with Crippen LogP contribution in [0.3, 0.4) is 0 Å². The minimum Gasteiger partial charge on any atom is -0.478 e. The number of hydrogen-bond donors (Lipinski definition) is 1. The normalized spacial score (nSPS) is 10.6. The number of carboxylic acid groups (broad SMARTS) is 1. The summed E-state index contributed by atoms with van der Waals surface area (Å²) in [5, 5.41) is 16.9. The van der Waals surface area contributed by atoms with Gasteiger partial charge in [-0.05, 0) is 37.3 Å². The van der Waals surface area contributed by atoms with Gasteiger partial charge in [0.25, 0.3) is 0 Å². The molecule has 0 aliphatic heterocycles. The molecule has 2 aromatic heterocycles. The molecule has 0 saturated carbocycles. The van der Waals surface area contributed by atoms with E-state index in [0.29, 0.717) is 17.1 Å². The highest BCUT2D eigenvalue weighted by atomic mass is 19.1. The molecule has 0 spiro atoms. The lowest BCUT2D eigenvalue weighted by Crippen LogP contribution is -2.07. The van der Waals surface area contributed by atoms with E-state index in [1.54, 1.807) is 23.7 Å². The molecular formula is C16H13FN4O3. The largest absolute Gasteiger partial charge is 0.478 e. The van der Waals surface area contributed by atoms with E-state index in [9.17, 15) is 9.18 Å². The first-order valence-electron chi connectivity index (χ1n) is 7.04. The number of benzene rings is 1. The Bertz CT molecular complexity index is 860. The first-order chi connectivity index (χ1) is 11.5. The van der Waals surface area contributed by atoms with Crippen LogP contribution in [-0.4, -0.2) is 31.1 Å². The Hall–Kier alpha value is -3.29. The molecule has 1 aromatic carbocycles. The third-order valence-electron chi connectivity index (χ3n) is 3.37. The Labute approximate surface area is 136 Å². The number of nitrogens with zero attached hydrogens (tertiary/aromatic N) is 4. The number of aryl methyl sites for hydroxylation is 1. The lowest BCUT2D eigenvalue weighted by molar-refractivity contribution is 0.0696. The molecule has 0 unspecified atom stereocenters. The Balaban J connectivity index is 1.79. The second kappa shape index (κ2) is 6.45. The van der Waals surface area contributed by atoms with Gasteiger partial charge in [-0.15, -0.1) is 5.10 Å². The number of carbonyl (C=O) groups is 1. The topological polar surface area (TPSA) is 90.1 Å². The van der Waals surface area contributed by atoms with E-state index in [1.165, 1.54) is 30.5 Å². The molecule has 122 valence electrons. The summed E-state index contributed by atoms with van der Waals surface area (Å²) in [5.41, 5.74) is 2.09. The second-order valence-corrected chi connectivity index (χ2v) is 4.99. The minimum atomic E-state index is -1.05. The summed E-state index contributed by atoms with van der Waals surface area (Å²) < 4.78 is 20.2. The Kier molecular flexibility index (Phi) is 4.19. The monoisotopic (exact) mass is 328 g/mol. The van der Waals surface area contributed by atoms with Crippen molar-refractivity contribution in [3.63, 3.8) is 0 Å². The average Bonchev–Trinajstić information content (AvgIpc) is 2.95. The van der Waals surface area contributed by atoms with Gasteiger partial charge in [-0.2, -0.15) is 0 Å². The van der Waals surface area contributed by atoms with Crippen LogP contribution < -0.4 is 4.74 Å². The predicted molar refractivity (Wildman–Crippen MR) is 81.6 cm³/mol. The summed E-state index contributed by atoms with van der Waals surface area (Å²) in [6.45, 7) is 1.92. The maximum Gasteiger partial charge on any atom is 0.337 e. The molecule has 0 amide bonds. The number of rotatable bonds is 5. The zero-order chi connectivity index (χ0) is 17.1. The molecule has 1 N–H and O–H groups in total. The van der Waals surface area contributed by atoms with Crippen molar-refractivity contribution in [2.45, 2.75) is 13.5 Å². The maximum absolute atomic E-state index is 13.0. The smallest absolute Gasteiger partial charge is 0.337 e. The lowest BCUT2D eigenvalue weighted by Gasteiger charge is -2.09. The lowest BCUT2D eigenvalue weighted by atomic mass is 10.3. The van der Waals surface area contributed by atoms with E-state index >= 15 is 0 Å². The Morgan fingerprint density at radius 3 is 2.62 bits per heavy atom. The fourth-order valence-electron chi connectivity index (χ4n) is 2.07. The minimum absolute atomic E-state index is 0.0801. The number of aromatic nitrogens is 4. The zero-order valence-corrected chi connectivity index (χ0v) is 12.7. The number of halogens is 1. The number of carboxylic acids is 1. The molecule has 0 saturated heterocycles. The molecule has 0 aliphatic rings. The molecule has 2 heterocycles. The van der Waals surface area contributed by atoms with E-state index < -0.39 is 5.97 Å². The molecule has 0 aliphatic carbocycles. The molecule has 8 heteroatoms. The van der Waals surface area contributed by atoms with Crippen LogP contribution in [0.15, 0.2) is 42.6 Å². The van der Waals surface area contributed by atoms with Crippen LogP contribution >= 0.6 is 0 Å². The van der Waals surface area contributed by atoms with Gasteiger partial charge >= 0.3 is 5.97 Å². The van der Waals surface area contributed by atoms with E-state index in [1.807, 2.05) is 0 Å². The summed E-state index contributed by atoms with van der Waals surface area (Å²) in [4.78, 5) is 14.7. The predicted octanol–water partition coefficient (Wildman–Crippen LogP) is 2.39. The van der Waals surface area contributed by atoms with Crippen LogP contribution in [-0.2, 0) is 6.61 Å². The van der Waals surface area contributed by atoms with Gasteiger partial charge in [0.2, 0.25) is 5.88 Å². The highest BCUT2D eigenvalue weighted by Gasteiger charge is 2.12. The van der Waals surface area contributed by atoms with Crippen molar-refractivity contribution in [2.24, 2.45) is 0 Å². The highest BCUT2D eigenvalue weighted by molar-refractivity contribution is 5.87. The Morgan fingerprint density at radius 2 is 2.00 bits per heavy atom. The van der Waals surface area contributed by atoms with Crippen LogP contribution in [0, 0.1) is 12.7 Å². The van der Waals surface area contributed by atoms with Gasteiger partial charge in [0.15, 0.2) is 0 Å². The number of hydrogen-bond acceptors (Lipinski definition) is 5. The molecular weight excluding hydrogens is 315 g/mol. The molecule has 0 atom stereocenters. The van der Waals surface area contributed by atoms with E-state index in [2.05, 4.69) is 15.3 Å². The second-order valence-electron chi connectivity index (χ2n) is 4.99. The van der Waals surface area contributed by atoms with E-state index in [4.69, 9.17) is 9.84 Å². The summed E-state index contributed by atoms with van der Waals surface area (Å²) >= 11 is 0. The SMILES string of the molecule is Cc1nnn(-c2ccc(F)cc2)c1COc1ccc(C(=O)O)cn1. The van der Waals surface area contributed by atoms with Crippen LogP contribution in [0.2, 0.25) is 0 Å². The third-order valence-corrected chi connectivity index (χ3v) is 3.37. The van der Waals surface area contributed by atoms with Gasteiger partial charge in [-0.25, -0.2) is 18.9 Å². The van der Waals surface area contributed by atoms with Gasteiger partial charge in [-0.3, -0.25) is 0 Å². The van der Waals surface area contributed by atoms with Crippen LogP contribution in [0.5, 0.6) is 5.88 Å². The van der Waals surface area contributed by atoms with Crippen molar-refractivity contribution in [3.05, 3.63) is 65.4 Å². The van der Waals surface area contributed by atoms with Crippen molar-refractivity contribution in [1.82, 2.24) is 20.0 Å². The first kappa shape index (κ1) is 15.6. The molecule has 0 fully saturated rings. The van der Waals surface area contributed by atoms with Crippen LogP contribution in [0.4, 0.5) is 4.39 Å². The summed E-state index contributed by atoms with van der Waals surface area (Å²) in [6.07, 6.45) is 1.22. The van der Waals surface area contributed by atoms with Crippen LogP contribution in [0.1, 0.15) is 21.7 Å². The summed E-state index contributed by atoms with van der Waals surface area (Å²) in [6, 6.07) is 8.74. The van der Waals surface area contributed by atoms with Crippen molar-refractivity contribution in [2.75, 3.05) is 0 Å². The Morgan fingerprint density at radius 1 is 1.25 bits per heavy atom. The molecule has 24 heavy (non-hydrogen) atoms. The molecule has 3 aromatic rings. The van der Waals surface area contributed by atoms with Gasteiger partial charge in [0, 0.05) is 12.3 Å². The quantitative estimate of drug-likeness (QED) is 0.773. The van der Waals surface area contributed by atoms with Gasteiger partial charge in [0.05, 0.1) is 16.9 Å². The number of ether oxygens (including phenoxy) is 1. The van der Waals surface area contributed by atoms with E-state index in [0.717, 1.165) is 0 Å². The first-order valence-corrected chi connectivity index (χ1v) is 7.04. The standard InChI is InChI=1S/C16H13FN4O3/c1-10-14(9-24-15-7-2-11(8-18-15)16(22)23)21(20-19-10)13-5-3-12(17)4-6-13/h2-8H,9H2,1H3,(H,22,23). The molecule has 0 bridgehead atoms. The fraction of sp³-hybridized carbons (Fsp3) is 0.125. The van der Waals surface area contributed by atoms with Gasteiger partial charge < -0.3 is 9.84 Å². The number of aromatic carboxylic acids is 1. The maximum atomic E-state index is 13.0. The van der Waals surface area contributed by atoms with Crippen molar-refractivity contribution in [1.29, 1.82) is 0 Å². The molecule has 7 nitrogen and oxygen atoms in total. The summed E-state index contributed by atoms with van der Waals surface area (Å²) in [7, 11) is 0. The highest BCUT2D eigenvalue weighted by Crippen LogP contribution is 2.16. The van der Waals surface area contributed by atoms with Crippen molar-refractivity contribution in [3.8, 4) is 11.6 Å². The molecule has 0 radical (unpaired) electrons. The number of pyridine rings is 1. The molecule has 3 rings (SSSR count). The fourth-order valence-corrected chi connectivity index (χ4v) is 2.07. The van der Waals surface area contributed by atoms with E-state index in [-0.39, 0.29) is 23.9 Å². The van der Waals surface area contributed by atoms with Gasteiger partial charge in [0.1, 0.15) is 18.1 Å². The van der Waals surface area contributed by atoms with Crippen LogP contribution in [0.25, 0.3) is 5.69 Å². The zero-order valence-electron chi connectivity index (χ0n) is 12.7. The third kappa shape index (κ3) is 3.22.